The fraction of sp³-hybridized carbons (Fsp3) is 0.294. The van der Waals surface area contributed by atoms with Crippen molar-refractivity contribution in [1.82, 2.24) is 5.32 Å². The fourth-order valence-electron chi connectivity index (χ4n) is 1.85. The van der Waals surface area contributed by atoms with Crippen molar-refractivity contribution in [2.24, 2.45) is 0 Å². The molecule has 4 heteroatoms. The summed E-state index contributed by atoms with van der Waals surface area (Å²) >= 11 is 5.88. The van der Waals surface area contributed by atoms with Gasteiger partial charge in [0.25, 0.3) is 0 Å². The van der Waals surface area contributed by atoms with E-state index in [9.17, 15) is 0 Å². The lowest BCUT2D eigenvalue weighted by atomic mass is 10.2. The quantitative estimate of drug-likeness (QED) is 0.820. The van der Waals surface area contributed by atoms with Gasteiger partial charge in [-0.15, -0.1) is 12.4 Å². The van der Waals surface area contributed by atoms with Crippen LogP contribution in [0.25, 0.3) is 0 Å². The average Bonchev–Trinajstić information content (AvgIpc) is 2.45. The molecule has 0 bridgehead atoms. The van der Waals surface area contributed by atoms with Gasteiger partial charge in [0.15, 0.2) is 0 Å². The van der Waals surface area contributed by atoms with Crippen molar-refractivity contribution in [1.29, 1.82) is 0 Å². The molecule has 114 valence electrons. The minimum atomic E-state index is 0. The van der Waals surface area contributed by atoms with Gasteiger partial charge in [0.05, 0.1) is 0 Å². The van der Waals surface area contributed by atoms with Crippen molar-refractivity contribution in [3.63, 3.8) is 0 Å². The standard InChI is InChI=1S/C17H20ClNO.ClH/c1-13(2)19-11-15-5-3-4-6-17(15)20-12-14-7-9-16(18)10-8-14;/h3-10,13,19H,11-12H2,1-2H3;1H. The summed E-state index contributed by atoms with van der Waals surface area (Å²) in [6.07, 6.45) is 0. The van der Waals surface area contributed by atoms with Crippen LogP contribution >= 0.6 is 24.0 Å². The summed E-state index contributed by atoms with van der Waals surface area (Å²) in [6.45, 7) is 5.64. The molecule has 0 atom stereocenters. The lowest BCUT2D eigenvalue weighted by molar-refractivity contribution is 0.302. The Hall–Kier alpha value is -1.22. The molecule has 0 aromatic heterocycles. The fourth-order valence-corrected chi connectivity index (χ4v) is 1.97. The summed E-state index contributed by atoms with van der Waals surface area (Å²) in [5.74, 6) is 0.926. The first-order chi connectivity index (χ1) is 9.65. The number of hydrogen-bond acceptors (Lipinski definition) is 2. The van der Waals surface area contributed by atoms with Crippen molar-refractivity contribution in [2.75, 3.05) is 0 Å². The zero-order valence-corrected chi connectivity index (χ0v) is 13.9. The Balaban J connectivity index is 0.00000220. The Morgan fingerprint density at radius 2 is 1.71 bits per heavy atom. The van der Waals surface area contributed by atoms with Gasteiger partial charge in [-0.1, -0.05) is 55.8 Å². The molecule has 2 rings (SSSR count). The van der Waals surface area contributed by atoms with Crippen LogP contribution in [-0.2, 0) is 13.2 Å². The van der Waals surface area contributed by atoms with Crippen molar-refractivity contribution in [3.05, 3.63) is 64.7 Å². The van der Waals surface area contributed by atoms with Gasteiger partial charge in [-0.2, -0.15) is 0 Å². The van der Waals surface area contributed by atoms with Crippen LogP contribution in [0.2, 0.25) is 5.02 Å². The van der Waals surface area contributed by atoms with Gasteiger partial charge in [0.2, 0.25) is 0 Å². The van der Waals surface area contributed by atoms with E-state index in [0.29, 0.717) is 12.6 Å². The van der Waals surface area contributed by atoms with E-state index in [-0.39, 0.29) is 12.4 Å². The van der Waals surface area contributed by atoms with Crippen LogP contribution < -0.4 is 10.1 Å². The molecule has 0 aliphatic heterocycles. The van der Waals surface area contributed by atoms with Crippen LogP contribution in [0.3, 0.4) is 0 Å². The predicted molar refractivity (Wildman–Crippen MR) is 91.4 cm³/mol. The molecule has 0 aliphatic rings. The van der Waals surface area contributed by atoms with E-state index in [1.807, 2.05) is 42.5 Å². The first-order valence-electron chi connectivity index (χ1n) is 6.83. The number of halogens is 2. The Morgan fingerprint density at radius 3 is 2.38 bits per heavy atom. The number of benzene rings is 2. The third-order valence-corrected chi connectivity index (χ3v) is 3.23. The number of hydrogen-bond donors (Lipinski definition) is 1. The van der Waals surface area contributed by atoms with E-state index >= 15 is 0 Å². The normalized spacial score (nSPS) is 10.3. The van der Waals surface area contributed by atoms with E-state index in [4.69, 9.17) is 16.3 Å². The molecular formula is C17H21Cl2NO. The third kappa shape index (κ3) is 5.96. The monoisotopic (exact) mass is 325 g/mol. The summed E-state index contributed by atoms with van der Waals surface area (Å²) in [7, 11) is 0. The third-order valence-electron chi connectivity index (χ3n) is 2.98. The van der Waals surface area contributed by atoms with Crippen LogP contribution in [0.4, 0.5) is 0 Å². The Bertz CT molecular complexity index is 541. The largest absolute Gasteiger partial charge is 0.489 e. The van der Waals surface area contributed by atoms with Crippen molar-refractivity contribution in [2.45, 2.75) is 33.0 Å². The molecule has 0 saturated carbocycles. The van der Waals surface area contributed by atoms with Gasteiger partial charge < -0.3 is 10.1 Å². The topological polar surface area (TPSA) is 21.3 Å². The molecule has 1 N–H and O–H groups in total. The van der Waals surface area contributed by atoms with Gasteiger partial charge in [-0.05, 0) is 23.8 Å². The summed E-state index contributed by atoms with van der Waals surface area (Å²) in [5.41, 5.74) is 2.29. The highest BCUT2D eigenvalue weighted by Crippen LogP contribution is 2.20. The lowest BCUT2D eigenvalue weighted by Gasteiger charge is -2.13. The zero-order valence-electron chi connectivity index (χ0n) is 12.3. The summed E-state index contributed by atoms with van der Waals surface area (Å²) < 4.78 is 5.91. The molecule has 2 nitrogen and oxygen atoms in total. The Labute approximate surface area is 137 Å². The molecule has 0 fully saturated rings. The highest BCUT2D eigenvalue weighted by atomic mass is 35.5. The molecule has 2 aromatic carbocycles. The van der Waals surface area contributed by atoms with Crippen LogP contribution in [0.5, 0.6) is 5.75 Å². The van der Waals surface area contributed by atoms with E-state index < -0.39 is 0 Å². The Kier molecular flexibility index (Phi) is 7.58. The smallest absolute Gasteiger partial charge is 0.124 e. The number of nitrogens with one attached hydrogen (secondary N) is 1. The SMILES string of the molecule is CC(C)NCc1ccccc1OCc1ccc(Cl)cc1.Cl. The molecule has 0 heterocycles. The molecule has 0 radical (unpaired) electrons. The molecule has 21 heavy (non-hydrogen) atoms. The number of ether oxygens (including phenoxy) is 1. The number of para-hydroxylation sites is 1. The van der Waals surface area contributed by atoms with E-state index in [2.05, 4.69) is 25.2 Å². The highest BCUT2D eigenvalue weighted by molar-refractivity contribution is 6.30. The second-order valence-electron chi connectivity index (χ2n) is 5.06. The first kappa shape index (κ1) is 17.8. The van der Waals surface area contributed by atoms with Crippen LogP contribution in [0.15, 0.2) is 48.5 Å². The highest BCUT2D eigenvalue weighted by Gasteiger charge is 2.04. The Morgan fingerprint density at radius 1 is 1.05 bits per heavy atom. The minimum absolute atomic E-state index is 0. The maximum atomic E-state index is 5.91. The van der Waals surface area contributed by atoms with Gasteiger partial charge in [-0.25, -0.2) is 0 Å². The maximum Gasteiger partial charge on any atom is 0.124 e. The molecule has 0 amide bonds. The molecular weight excluding hydrogens is 305 g/mol. The average molecular weight is 326 g/mol. The van der Waals surface area contributed by atoms with Gasteiger partial charge in [-0.3, -0.25) is 0 Å². The summed E-state index contributed by atoms with van der Waals surface area (Å²) in [5, 5.41) is 4.16. The van der Waals surface area contributed by atoms with Crippen LogP contribution in [-0.4, -0.2) is 6.04 Å². The van der Waals surface area contributed by atoms with Gasteiger partial charge >= 0.3 is 0 Å². The zero-order chi connectivity index (χ0) is 14.4. The minimum Gasteiger partial charge on any atom is -0.489 e. The molecule has 0 spiro atoms. The van der Waals surface area contributed by atoms with Crippen LogP contribution in [0.1, 0.15) is 25.0 Å². The molecule has 0 unspecified atom stereocenters. The predicted octanol–water partition coefficient (Wildman–Crippen LogP) is 4.84. The van der Waals surface area contributed by atoms with Gasteiger partial charge in [0.1, 0.15) is 12.4 Å². The molecule has 0 saturated heterocycles. The van der Waals surface area contributed by atoms with Crippen molar-refractivity contribution < 1.29 is 4.74 Å². The van der Waals surface area contributed by atoms with E-state index in [0.717, 1.165) is 22.9 Å². The number of rotatable bonds is 6. The van der Waals surface area contributed by atoms with E-state index in [1.54, 1.807) is 0 Å². The summed E-state index contributed by atoms with van der Waals surface area (Å²) in [6, 6.07) is 16.3. The first-order valence-corrected chi connectivity index (χ1v) is 7.21. The van der Waals surface area contributed by atoms with Crippen molar-refractivity contribution >= 4 is 24.0 Å². The summed E-state index contributed by atoms with van der Waals surface area (Å²) in [4.78, 5) is 0. The van der Waals surface area contributed by atoms with Crippen molar-refractivity contribution in [3.8, 4) is 5.75 Å². The maximum absolute atomic E-state index is 5.91. The second-order valence-corrected chi connectivity index (χ2v) is 5.49. The van der Waals surface area contributed by atoms with Crippen LogP contribution in [0, 0.1) is 0 Å². The van der Waals surface area contributed by atoms with Gasteiger partial charge in [0, 0.05) is 23.2 Å². The molecule has 0 aliphatic carbocycles. The second kappa shape index (κ2) is 8.93. The van der Waals surface area contributed by atoms with E-state index in [1.165, 1.54) is 5.56 Å². The lowest BCUT2D eigenvalue weighted by Crippen LogP contribution is -2.22. The molecule has 2 aromatic rings.